The Hall–Kier alpha value is -3.80. The molecule has 5 nitrogen and oxygen atoms in total. The zero-order valence-corrected chi connectivity index (χ0v) is 15.0. The van der Waals surface area contributed by atoms with Crippen LogP contribution in [0.1, 0.15) is 5.56 Å². The summed E-state index contributed by atoms with van der Waals surface area (Å²) in [6.07, 6.45) is 1.46. The molecule has 0 aliphatic carbocycles. The van der Waals surface area contributed by atoms with Crippen molar-refractivity contribution in [2.45, 2.75) is 0 Å². The van der Waals surface area contributed by atoms with Crippen LogP contribution in [0.3, 0.4) is 0 Å². The molecule has 1 heterocycles. The molecule has 3 aromatic carbocycles. The average Bonchev–Trinajstić information content (AvgIpc) is 2.69. The number of fused-ring (bicyclic) bond motifs is 1. The van der Waals surface area contributed by atoms with Crippen molar-refractivity contribution in [2.24, 2.45) is 0 Å². The molecule has 28 heavy (non-hydrogen) atoms. The van der Waals surface area contributed by atoms with Crippen molar-refractivity contribution in [3.63, 3.8) is 0 Å². The van der Waals surface area contributed by atoms with Crippen LogP contribution in [0.25, 0.3) is 27.7 Å². The van der Waals surface area contributed by atoms with Crippen LogP contribution < -0.4 is 5.56 Å². The highest BCUT2D eigenvalue weighted by molar-refractivity contribution is 5.94. The van der Waals surface area contributed by atoms with Crippen LogP contribution in [0.2, 0.25) is 0 Å². The van der Waals surface area contributed by atoms with Crippen LogP contribution in [-0.4, -0.2) is 27.8 Å². The van der Waals surface area contributed by atoms with E-state index in [4.69, 9.17) is 0 Å². The SMILES string of the molecule is C/[N+]([O-])=C/c1cccc(-c2nn(-c3ccc(F)cc3)c(=O)c3ccccc23)c1. The molecule has 4 rings (SSSR count). The van der Waals surface area contributed by atoms with Gasteiger partial charge < -0.3 is 5.21 Å². The molecule has 138 valence electrons. The molecule has 0 saturated carbocycles. The van der Waals surface area contributed by atoms with Gasteiger partial charge in [-0.1, -0.05) is 30.3 Å². The van der Waals surface area contributed by atoms with Gasteiger partial charge in [0.05, 0.1) is 16.8 Å². The Kier molecular flexibility index (Phi) is 4.45. The summed E-state index contributed by atoms with van der Waals surface area (Å²) in [6, 6.07) is 20.2. The standard InChI is InChI=1S/C22H16FN3O2/c1-25(28)14-15-5-4-6-16(13-15)21-19-7-2-3-8-20(19)22(27)26(24-21)18-11-9-17(23)10-12-18/h2-14H,1H3/b25-14-. The Morgan fingerprint density at radius 3 is 2.43 bits per heavy atom. The first-order valence-corrected chi connectivity index (χ1v) is 8.66. The lowest BCUT2D eigenvalue weighted by Crippen LogP contribution is -2.22. The molecule has 0 N–H and O–H groups in total. The van der Waals surface area contributed by atoms with E-state index < -0.39 is 0 Å². The molecule has 4 aromatic rings. The summed E-state index contributed by atoms with van der Waals surface area (Å²) in [6.45, 7) is 0. The van der Waals surface area contributed by atoms with Gasteiger partial charge in [-0.3, -0.25) is 4.79 Å². The van der Waals surface area contributed by atoms with E-state index in [-0.39, 0.29) is 11.4 Å². The number of rotatable bonds is 3. The summed E-state index contributed by atoms with van der Waals surface area (Å²) in [5.41, 5.74) is 2.28. The fourth-order valence-corrected chi connectivity index (χ4v) is 3.14. The molecule has 0 radical (unpaired) electrons. The minimum atomic E-state index is -0.386. The van der Waals surface area contributed by atoms with Gasteiger partial charge in [0.15, 0.2) is 6.21 Å². The molecule has 0 amide bonds. The predicted octanol–water partition coefficient (Wildman–Crippen LogP) is 3.75. The number of benzene rings is 3. The maximum Gasteiger partial charge on any atom is 0.279 e. The fraction of sp³-hybridized carbons (Fsp3) is 0.0455. The predicted molar refractivity (Wildman–Crippen MR) is 107 cm³/mol. The average molecular weight is 373 g/mol. The fourth-order valence-electron chi connectivity index (χ4n) is 3.14. The largest absolute Gasteiger partial charge is 0.624 e. The van der Waals surface area contributed by atoms with E-state index in [1.807, 2.05) is 36.4 Å². The summed E-state index contributed by atoms with van der Waals surface area (Å²) in [5, 5.41) is 17.1. The molecule has 0 aliphatic rings. The normalized spacial score (nSPS) is 11.7. The van der Waals surface area contributed by atoms with Crippen molar-refractivity contribution in [1.29, 1.82) is 0 Å². The van der Waals surface area contributed by atoms with Crippen molar-refractivity contribution >= 4 is 17.0 Å². The first-order chi connectivity index (χ1) is 13.5. The lowest BCUT2D eigenvalue weighted by molar-refractivity contribution is -0.416. The quantitative estimate of drug-likeness (QED) is 0.238. The van der Waals surface area contributed by atoms with E-state index in [1.54, 1.807) is 12.1 Å². The molecule has 0 aliphatic heterocycles. The van der Waals surface area contributed by atoms with Crippen LogP contribution in [0.5, 0.6) is 0 Å². The van der Waals surface area contributed by atoms with E-state index in [2.05, 4.69) is 5.10 Å². The van der Waals surface area contributed by atoms with Gasteiger partial charge in [-0.2, -0.15) is 9.78 Å². The van der Waals surface area contributed by atoms with Gasteiger partial charge in [-0.25, -0.2) is 9.13 Å². The van der Waals surface area contributed by atoms with Gasteiger partial charge in [0.1, 0.15) is 12.9 Å². The van der Waals surface area contributed by atoms with Crippen molar-refractivity contribution in [3.8, 4) is 16.9 Å². The number of halogens is 1. The lowest BCUT2D eigenvalue weighted by atomic mass is 10.0. The summed E-state index contributed by atoms with van der Waals surface area (Å²) in [5.74, 6) is -0.386. The molecular formula is C22H16FN3O2. The smallest absolute Gasteiger partial charge is 0.279 e. The van der Waals surface area contributed by atoms with Gasteiger partial charge in [-0.05, 0) is 42.5 Å². The van der Waals surface area contributed by atoms with E-state index in [0.29, 0.717) is 22.2 Å². The van der Waals surface area contributed by atoms with Crippen molar-refractivity contribution in [3.05, 3.63) is 99.7 Å². The number of nitrogens with zero attached hydrogens (tertiary/aromatic N) is 3. The summed E-state index contributed by atoms with van der Waals surface area (Å²) < 4.78 is 15.3. The number of hydrogen-bond acceptors (Lipinski definition) is 3. The van der Waals surface area contributed by atoms with Crippen molar-refractivity contribution in [1.82, 2.24) is 9.78 Å². The molecular weight excluding hydrogens is 357 g/mol. The Balaban J connectivity index is 2.01. The van der Waals surface area contributed by atoms with Crippen LogP contribution in [-0.2, 0) is 0 Å². The Labute approximate surface area is 160 Å². The molecule has 1 aromatic heterocycles. The Morgan fingerprint density at radius 1 is 1.00 bits per heavy atom. The van der Waals surface area contributed by atoms with Gasteiger partial charge in [-0.15, -0.1) is 0 Å². The Morgan fingerprint density at radius 2 is 1.71 bits per heavy atom. The van der Waals surface area contributed by atoms with E-state index >= 15 is 0 Å². The topological polar surface area (TPSA) is 61.0 Å². The highest BCUT2D eigenvalue weighted by Gasteiger charge is 2.13. The maximum absolute atomic E-state index is 13.3. The summed E-state index contributed by atoms with van der Waals surface area (Å²) >= 11 is 0. The zero-order chi connectivity index (χ0) is 19.7. The second-order valence-corrected chi connectivity index (χ2v) is 6.39. The van der Waals surface area contributed by atoms with Crippen LogP contribution in [0.4, 0.5) is 4.39 Å². The Bertz CT molecular complexity index is 1260. The second-order valence-electron chi connectivity index (χ2n) is 6.39. The van der Waals surface area contributed by atoms with Crippen LogP contribution in [0, 0.1) is 11.0 Å². The maximum atomic E-state index is 13.3. The zero-order valence-electron chi connectivity index (χ0n) is 15.0. The third kappa shape index (κ3) is 3.27. The third-order valence-electron chi connectivity index (χ3n) is 4.37. The summed E-state index contributed by atoms with van der Waals surface area (Å²) in [7, 11) is 1.41. The molecule has 0 atom stereocenters. The van der Waals surface area contributed by atoms with Crippen molar-refractivity contribution in [2.75, 3.05) is 7.05 Å². The van der Waals surface area contributed by atoms with E-state index in [1.165, 1.54) is 42.2 Å². The van der Waals surface area contributed by atoms with Crippen molar-refractivity contribution < 1.29 is 9.13 Å². The van der Waals surface area contributed by atoms with Gasteiger partial charge in [0.25, 0.3) is 5.56 Å². The third-order valence-corrected chi connectivity index (χ3v) is 4.37. The minimum Gasteiger partial charge on any atom is -0.624 e. The molecule has 0 saturated heterocycles. The minimum absolute atomic E-state index is 0.284. The monoisotopic (exact) mass is 373 g/mol. The number of hydrogen-bond donors (Lipinski definition) is 0. The highest BCUT2D eigenvalue weighted by Crippen LogP contribution is 2.26. The number of hydroxylamine groups is 1. The highest BCUT2D eigenvalue weighted by atomic mass is 19.1. The summed E-state index contributed by atoms with van der Waals surface area (Å²) in [4.78, 5) is 13.0. The van der Waals surface area contributed by atoms with Gasteiger partial charge >= 0.3 is 0 Å². The van der Waals surface area contributed by atoms with Crippen LogP contribution in [0.15, 0.2) is 77.6 Å². The molecule has 6 heteroatoms. The number of aromatic nitrogens is 2. The van der Waals surface area contributed by atoms with Crippen LogP contribution >= 0.6 is 0 Å². The van der Waals surface area contributed by atoms with E-state index in [9.17, 15) is 14.4 Å². The first-order valence-electron chi connectivity index (χ1n) is 8.66. The second kappa shape index (κ2) is 7.08. The molecule has 0 bridgehead atoms. The molecule has 0 spiro atoms. The van der Waals surface area contributed by atoms with Gasteiger partial charge in [0, 0.05) is 16.5 Å². The van der Waals surface area contributed by atoms with Gasteiger partial charge in [0.2, 0.25) is 0 Å². The molecule has 0 unspecified atom stereocenters. The first kappa shape index (κ1) is 17.6. The van der Waals surface area contributed by atoms with E-state index in [0.717, 1.165) is 15.9 Å². The molecule has 0 fully saturated rings. The lowest BCUT2D eigenvalue weighted by Gasteiger charge is -2.11.